The van der Waals surface area contributed by atoms with E-state index in [-0.39, 0.29) is 36.6 Å². The van der Waals surface area contributed by atoms with Gasteiger partial charge >= 0.3 is 0 Å². The molecule has 0 bridgehead atoms. The number of likely N-dealkylation sites (tertiary alicyclic amines) is 1. The number of hydrogen-bond donors (Lipinski definition) is 0. The molecule has 0 aliphatic carbocycles. The lowest BCUT2D eigenvalue weighted by Gasteiger charge is -2.25. The largest absolute Gasteiger partial charge is 0.342 e. The van der Waals surface area contributed by atoms with Crippen LogP contribution in [0.4, 0.5) is 0 Å². The average molecular weight is 359 g/mol. The molecule has 0 saturated carbocycles. The zero-order chi connectivity index (χ0) is 19.1. The second-order valence-corrected chi connectivity index (χ2v) is 6.74. The van der Waals surface area contributed by atoms with Crippen molar-refractivity contribution in [1.82, 2.24) is 14.7 Å². The van der Waals surface area contributed by atoms with Crippen molar-refractivity contribution in [2.45, 2.75) is 26.7 Å². The number of likely N-dealkylation sites (N-methyl/N-ethyl adjacent to an activating group) is 2. The van der Waals surface area contributed by atoms with Crippen molar-refractivity contribution in [2.75, 3.05) is 39.8 Å². The summed E-state index contributed by atoms with van der Waals surface area (Å²) >= 11 is 0. The Balaban J connectivity index is 1.86. The van der Waals surface area contributed by atoms with Crippen LogP contribution in [-0.2, 0) is 20.8 Å². The third kappa shape index (κ3) is 5.07. The monoisotopic (exact) mass is 359 g/mol. The lowest BCUT2D eigenvalue weighted by atomic mass is 10.1. The maximum Gasteiger partial charge on any atom is 0.242 e. The van der Waals surface area contributed by atoms with Gasteiger partial charge in [-0.25, -0.2) is 0 Å². The third-order valence-corrected chi connectivity index (χ3v) is 4.94. The lowest BCUT2D eigenvalue weighted by molar-refractivity contribution is -0.141. The molecule has 1 saturated heterocycles. The number of rotatable bonds is 8. The van der Waals surface area contributed by atoms with Crippen LogP contribution in [0.25, 0.3) is 0 Å². The zero-order valence-electron chi connectivity index (χ0n) is 16.0. The van der Waals surface area contributed by atoms with Crippen LogP contribution in [-0.4, -0.2) is 72.2 Å². The molecule has 1 fully saturated rings. The van der Waals surface area contributed by atoms with Crippen molar-refractivity contribution in [3.05, 3.63) is 35.9 Å². The van der Waals surface area contributed by atoms with Crippen LogP contribution in [0, 0.1) is 5.92 Å². The molecule has 1 aliphatic heterocycles. The van der Waals surface area contributed by atoms with Gasteiger partial charge < -0.3 is 14.7 Å². The Hall–Kier alpha value is -2.37. The highest BCUT2D eigenvalue weighted by molar-refractivity contribution is 5.91. The molecule has 1 unspecified atom stereocenters. The molecule has 0 spiro atoms. The molecule has 2 rings (SSSR count). The van der Waals surface area contributed by atoms with Gasteiger partial charge in [-0.3, -0.25) is 14.4 Å². The summed E-state index contributed by atoms with van der Waals surface area (Å²) in [5.41, 5.74) is 1.18. The minimum atomic E-state index is -0.354. The standard InChI is InChI=1S/C20H29N3O3/c1-4-22(5-2)19(25)15-21(3)20(26)17-13-18(24)23(14-17)12-11-16-9-7-6-8-10-16/h6-10,17H,4-5,11-15H2,1-3H3. The van der Waals surface area contributed by atoms with E-state index in [1.54, 1.807) is 16.8 Å². The first-order valence-electron chi connectivity index (χ1n) is 9.30. The fraction of sp³-hybridized carbons (Fsp3) is 0.550. The first-order chi connectivity index (χ1) is 12.5. The van der Waals surface area contributed by atoms with Gasteiger partial charge in [0.2, 0.25) is 17.7 Å². The van der Waals surface area contributed by atoms with E-state index in [2.05, 4.69) is 0 Å². The van der Waals surface area contributed by atoms with E-state index in [9.17, 15) is 14.4 Å². The summed E-state index contributed by atoms with van der Waals surface area (Å²) in [7, 11) is 1.64. The Morgan fingerprint density at radius 1 is 1.15 bits per heavy atom. The van der Waals surface area contributed by atoms with Crippen molar-refractivity contribution in [3.63, 3.8) is 0 Å². The maximum atomic E-state index is 12.6. The number of benzene rings is 1. The van der Waals surface area contributed by atoms with Crippen molar-refractivity contribution < 1.29 is 14.4 Å². The smallest absolute Gasteiger partial charge is 0.242 e. The normalized spacial score (nSPS) is 16.7. The fourth-order valence-electron chi connectivity index (χ4n) is 3.33. The molecule has 3 amide bonds. The van der Waals surface area contributed by atoms with Gasteiger partial charge in [-0.1, -0.05) is 30.3 Å². The minimum Gasteiger partial charge on any atom is -0.342 e. The molecule has 6 nitrogen and oxygen atoms in total. The Labute approximate surface area is 155 Å². The summed E-state index contributed by atoms with van der Waals surface area (Å²) < 4.78 is 0. The predicted molar refractivity (Wildman–Crippen MR) is 100 cm³/mol. The number of hydrogen-bond acceptors (Lipinski definition) is 3. The van der Waals surface area contributed by atoms with Gasteiger partial charge in [0.15, 0.2) is 0 Å². The van der Waals surface area contributed by atoms with Crippen LogP contribution in [0.15, 0.2) is 30.3 Å². The van der Waals surface area contributed by atoms with E-state index < -0.39 is 0 Å². The van der Waals surface area contributed by atoms with Crippen LogP contribution in [0.1, 0.15) is 25.8 Å². The van der Waals surface area contributed by atoms with Crippen LogP contribution in [0.5, 0.6) is 0 Å². The van der Waals surface area contributed by atoms with Crippen LogP contribution in [0.2, 0.25) is 0 Å². The zero-order valence-corrected chi connectivity index (χ0v) is 16.0. The van der Waals surface area contributed by atoms with E-state index >= 15 is 0 Å². The SMILES string of the molecule is CCN(CC)C(=O)CN(C)C(=O)C1CC(=O)N(CCc2ccccc2)C1. The van der Waals surface area contributed by atoms with Gasteiger partial charge in [-0.05, 0) is 25.8 Å². The van der Waals surface area contributed by atoms with Gasteiger partial charge in [0.25, 0.3) is 0 Å². The van der Waals surface area contributed by atoms with Crippen molar-refractivity contribution in [2.24, 2.45) is 5.92 Å². The van der Waals surface area contributed by atoms with Gasteiger partial charge in [0, 0.05) is 39.6 Å². The Kier molecular flexibility index (Phi) is 7.18. The second kappa shape index (κ2) is 9.36. The highest BCUT2D eigenvalue weighted by Gasteiger charge is 2.35. The lowest BCUT2D eigenvalue weighted by Crippen LogP contribution is -2.43. The minimum absolute atomic E-state index is 0.0164. The summed E-state index contributed by atoms with van der Waals surface area (Å²) in [6.45, 7) is 6.23. The average Bonchev–Trinajstić information content (AvgIpc) is 3.02. The molecule has 0 N–H and O–H groups in total. The third-order valence-electron chi connectivity index (χ3n) is 4.94. The number of amides is 3. The molecule has 6 heteroatoms. The Morgan fingerprint density at radius 3 is 2.42 bits per heavy atom. The summed E-state index contributed by atoms with van der Waals surface area (Å²) in [5, 5.41) is 0. The van der Waals surface area contributed by atoms with Gasteiger partial charge in [0.05, 0.1) is 12.5 Å². The molecule has 26 heavy (non-hydrogen) atoms. The van der Waals surface area contributed by atoms with Crippen LogP contribution < -0.4 is 0 Å². The van der Waals surface area contributed by atoms with Crippen LogP contribution >= 0.6 is 0 Å². The Bertz CT molecular complexity index is 628. The van der Waals surface area contributed by atoms with E-state index in [0.29, 0.717) is 26.2 Å². The second-order valence-electron chi connectivity index (χ2n) is 6.74. The molecule has 1 atom stereocenters. The topological polar surface area (TPSA) is 60.9 Å². The number of carbonyl (C=O) groups is 3. The van der Waals surface area contributed by atoms with Crippen molar-refractivity contribution in [1.29, 1.82) is 0 Å². The maximum absolute atomic E-state index is 12.6. The summed E-state index contributed by atoms with van der Waals surface area (Å²) in [5.74, 6) is -0.521. The van der Waals surface area contributed by atoms with E-state index in [1.165, 1.54) is 10.5 Å². The first-order valence-corrected chi connectivity index (χ1v) is 9.30. The molecule has 1 aromatic rings. The van der Waals surface area contributed by atoms with Crippen LogP contribution in [0.3, 0.4) is 0 Å². The molecule has 142 valence electrons. The molecular formula is C20H29N3O3. The number of nitrogens with zero attached hydrogens (tertiary/aromatic N) is 3. The fourth-order valence-corrected chi connectivity index (χ4v) is 3.33. The van der Waals surface area contributed by atoms with Crippen molar-refractivity contribution >= 4 is 17.7 Å². The highest BCUT2D eigenvalue weighted by atomic mass is 16.2. The summed E-state index contributed by atoms with van der Waals surface area (Å²) in [6, 6.07) is 10.0. The predicted octanol–water partition coefficient (Wildman–Crippen LogP) is 1.40. The number of carbonyl (C=O) groups excluding carboxylic acids is 3. The molecule has 1 heterocycles. The van der Waals surface area contributed by atoms with Gasteiger partial charge in [-0.15, -0.1) is 0 Å². The van der Waals surface area contributed by atoms with E-state index in [4.69, 9.17) is 0 Å². The highest BCUT2D eigenvalue weighted by Crippen LogP contribution is 2.20. The molecule has 0 radical (unpaired) electrons. The summed E-state index contributed by atoms with van der Waals surface area (Å²) in [6.07, 6.45) is 1.02. The summed E-state index contributed by atoms with van der Waals surface area (Å²) in [4.78, 5) is 42.0. The van der Waals surface area contributed by atoms with Crippen molar-refractivity contribution in [3.8, 4) is 0 Å². The molecular weight excluding hydrogens is 330 g/mol. The van der Waals surface area contributed by atoms with E-state index in [0.717, 1.165) is 6.42 Å². The first kappa shape index (κ1) is 19.9. The molecule has 0 aromatic heterocycles. The molecule has 1 aliphatic rings. The van der Waals surface area contributed by atoms with Gasteiger partial charge in [0.1, 0.15) is 0 Å². The quantitative estimate of drug-likeness (QED) is 0.705. The van der Waals surface area contributed by atoms with Gasteiger partial charge in [-0.2, -0.15) is 0 Å². The Morgan fingerprint density at radius 2 is 1.81 bits per heavy atom. The van der Waals surface area contributed by atoms with E-state index in [1.807, 2.05) is 44.2 Å². The molecule has 1 aromatic carbocycles.